The Kier molecular flexibility index (Phi) is 5.41. The first kappa shape index (κ1) is 21.2. The monoisotopic (exact) mass is 431 g/mol. The third-order valence-electron chi connectivity index (χ3n) is 6.00. The van der Waals surface area contributed by atoms with E-state index in [0.29, 0.717) is 24.8 Å². The Morgan fingerprint density at radius 2 is 1.77 bits per heavy atom. The molecule has 1 atom stereocenters. The fourth-order valence-electron chi connectivity index (χ4n) is 4.42. The van der Waals surface area contributed by atoms with Crippen molar-refractivity contribution in [2.75, 3.05) is 13.7 Å². The number of likely N-dealkylation sites (N-methyl/N-ethyl adjacent to an activating group) is 1. The normalized spacial score (nSPS) is 21.5. The molecule has 1 heterocycles. The zero-order valence-electron chi connectivity index (χ0n) is 17.2. The largest absolute Gasteiger partial charge is 0.484 e. The molecule has 8 heteroatoms. The van der Waals surface area contributed by atoms with Gasteiger partial charge in [0.1, 0.15) is 5.75 Å². The summed E-state index contributed by atoms with van der Waals surface area (Å²) in [5.74, 6) is -0.121. The summed E-state index contributed by atoms with van der Waals surface area (Å²) in [6, 6.07) is 12.9. The number of guanidine groups is 1. The van der Waals surface area contributed by atoms with Crippen LogP contribution in [0.4, 0.5) is 13.2 Å². The highest BCUT2D eigenvalue weighted by Crippen LogP contribution is 2.41. The van der Waals surface area contributed by atoms with Crippen molar-refractivity contribution in [1.82, 2.24) is 4.90 Å². The van der Waals surface area contributed by atoms with Crippen molar-refractivity contribution in [2.24, 2.45) is 10.7 Å². The van der Waals surface area contributed by atoms with Gasteiger partial charge in [0, 0.05) is 7.05 Å². The summed E-state index contributed by atoms with van der Waals surface area (Å²) in [7, 11) is 1.56. The molecule has 2 aromatic carbocycles. The fraction of sp³-hybridized carbons (Fsp3) is 0.391. The molecule has 1 unspecified atom stereocenters. The smallest absolute Gasteiger partial charge is 0.422 e. The number of amides is 1. The standard InChI is InChI=1S/C23H24F3N3O2/c1-29-20(30)22(28-21(29)27)12-11-16-6-3-2-5-15(16)7-4-8-17-9-10-18(13-19(17)22)31-14-23(24,25)26/h2-3,5-6,9-10,13H,4,7-8,11-12,14H2,1H3,(H2,27,28). The van der Waals surface area contributed by atoms with Crippen LogP contribution in [0, 0.1) is 0 Å². The van der Waals surface area contributed by atoms with E-state index in [-0.39, 0.29) is 17.6 Å². The van der Waals surface area contributed by atoms with E-state index >= 15 is 0 Å². The van der Waals surface area contributed by atoms with Crippen LogP contribution in [-0.4, -0.2) is 36.6 Å². The number of alkyl halides is 3. The number of carbonyl (C=O) groups is 1. The molecule has 164 valence electrons. The van der Waals surface area contributed by atoms with Gasteiger partial charge < -0.3 is 10.5 Å². The maximum absolute atomic E-state index is 13.4. The summed E-state index contributed by atoms with van der Waals surface area (Å²) in [6.07, 6.45) is -1.10. The molecular formula is C23H24F3N3O2. The number of halogens is 3. The van der Waals surface area contributed by atoms with Crippen molar-refractivity contribution in [3.05, 3.63) is 64.7 Å². The highest BCUT2D eigenvalue weighted by Gasteiger charge is 2.49. The van der Waals surface area contributed by atoms with Gasteiger partial charge >= 0.3 is 6.18 Å². The molecule has 1 spiro atoms. The first-order valence-corrected chi connectivity index (χ1v) is 10.2. The lowest BCUT2D eigenvalue weighted by atomic mass is 9.78. The summed E-state index contributed by atoms with van der Waals surface area (Å²) in [5.41, 5.74) is 8.56. The number of hydrogen-bond acceptors (Lipinski definition) is 4. The van der Waals surface area contributed by atoms with E-state index in [0.717, 1.165) is 24.0 Å². The van der Waals surface area contributed by atoms with Crippen LogP contribution in [-0.2, 0) is 29.6 Å². The van der Waals surface area contributed by atoms with E-state index in [2.05, 4.69) is 11.1 Å². The van der Waals surface area contributed by atoms with E-state index in [9.17, 15) is 18.0 Å². The molecule has 5 nitrogen and oxygen atoms in total. The van der Waals surface area contributed by atoms with Gasteiger partial charge in [-0.2, -0.15) is 13.2 Å². The number of benzene rings is 2. The highest BCUT2D eigenvalue weighted by atomic mass is 19.4. The molecule has 1 aliphatic heterocycles. The van der Waals surface area contributed by atoms with E-state index < -0.39 is 18.3 Å². The molecule has 1 aliphatic carbocycles. The third kappa shape index (κ3) is 4.11. The highest BCUT2D eigenvalue weighted by molar-refractivity contribution is 6.07. The Morgan fingerprint density at radius 3 is 2.42 bits per heavy atom. The quantitative estimate of drug-likeness (QED) is 0.788. The maximum atomic E-state index is 13.4. The van der Waals surface area contributed by atoms with Gasteiger partial charge in [-0.05, 0) is 66.5 Å². The molecule has 31 heavy (non-hydrogen) atoms. The number of nitrogens with two attached hydrogens (primary N) is 1. The zero-order chi connectivity index (χ0) is 22.2. The van der Waals surface area contributed by atoms with Crippen molar-refractivity contribution in [2.45, 2.75) is 43.8 Å². The summed E-state index contributed by atoms with van der Waals surface area (Å²) in [4.78, 5) is 19.3. The van der Waals surface area contributed by atoms with Gasteiger partial charge in [-0.1, -0.05) is 30.3 Å². The maximum Gasteiger partial charge on any atom is 0.422 e. The van der Waals surface area contributed by atoms with Crippen molar-refractivity contribution < 1.29 is 22.7 Å². The van der Waals surface area contributed by atoms with Crippen LogP contribution in [0.15, 0.2) is 47.5 Å². The number of ether oxygens (including phenoxy) is 1. The minimum Gasteiger partial charge on any atom is -0.484 e. The average molecular weight is 431 g/mol. The molecule has 2 aromatic rings. The lowest BCUT2D eigenvalue weighted by Gasteiger charge is -2.29. The molecule has 0 saturated carbocycles. The number of nitrogens with zero attached hydrogens (tertiary/aromatic N) is 2. The second kappa shape index (κ2) is 7.90. The van der Waals surface area contributed by atoms with Gasteiger partial charge in [-0.15, -0.1) is 0 Å². The van der Waals surface area contributed by atoms with Gasteiger partial charge in [0.2, 0.25) is 0 Å². The summed E-state index contributed by atoms with van der Waals surface area (Å²) in [5, 5.41) is 0. The molecule has 0 bridgehead atoms. The minimum absolute atomic E-state index is 0.0593. The summed E-state index contributed by atoms with van der Waals surface area (Å²) >= 11 is 0. The van der Waals surface area contributed by atoms with Gasteiger partial charge in [-0.25, -0.2) is 4.99 Å². The Morgan fingerprint density at radius 1 is 1.10 bits per heavy atom. The van der Waals surface area contributed by atoms with Crippen LogP contribution < -0.4 is 10.5 Å². The number of fused-ring (bicyclic) bond motifs is 3. The molecule has 1 amide bonds. The van der Waals surface area contributed by atoms with Crippen LogP contribution in [0.3, 0.4) is 0 Å². The second-order valence-electron chi connectivity index (χ2n) is 8.04. The Hall–Kier alpha value is -3.03. The Bertz CT molecular complexity index is 1030. The number of aryl methyl sites for hydroxylation is 3. The second-order valence-corrected chi connectivity index (χ2v) is 8.04. The van der Waals surface area contributed by atoms with Crippen LogP contribution in [0.5, 0.6) is 5.75 Å². The summed E-state index contributed by atoms with van der Waals surface area (Å²) in [6.45, 7) is -1.40. The molecular weight excluding hydrogens is 407 g/mol. The molecule has 2 N–H and O–H groups in total. The van der Waals surface area contributed by atoms with Crippen molar-refractivity contribution in [1.29, 1.82) is 0 Å². The van der Waals surface area contributed by atoms with Gasteiger partial charge in [0.15, 0.2) is 18.1 Å². The zero-order valence-corrected chi connectivity index (χ0v) is 17.2. The predicted octanol–water partition coefficient (Wildman–Crippen LogP) is 3.73. The summed E-state index contributed by atoms with van der Waals surface area (Å²) < 4.78 is 43.0. The molecule has 0 radical (unpaired) electrons. The van der Waals surface area contributed by atoms with Crippen LogP contribution in [0.1, 0.15) is 35.1 Å². The van der Waals surface area contributed by atoms with Gasteiger partial charge in [-0.3, -0.25) is 9.69 Å². The third-order valence-corrected chi connectivity index (χ3v) is 6.00. The number of carbonyl (C=O) groups excluding carboxylic acids is 1. The van der Waals surface area contributed by atoms with E-state index in [1.54, 1.807) is 13.1 Å². The first-order chi connectivity index (χ1) is 14.7. The van der Waals surface area contributed by atoms with E-state index in [1.807, 2.05) is 18.2 Å². The minimum atomic E-state index is -4.45. The molecule has 0 aromatic heterocycles. The van der Waals surface area contributed by atoms with Crippen molar-refractivity contribution in [3.8, 4) is 5.75 Å². The molecule has 2 aliphatic rings. The van der Waals surface area contributed by atoms with Crippen LogP contribution in [0.25, 0.3) is 0 Å². The topological polar surface area (TPSA) is 67.9 Å². The number of aliphatic imine (C=N–C) groups is 1. The van der Waals surface area contributed by atoms with Crippen molar-refractivity contribution in [3.63, 3.8) is 0 Å². The van der Waals surface area contributed by atoms with Crippen LogP contribution >= 0.6 is 0 Å². The van der Waals surface area contributed by atoms with Gasteiger partial charge in [0.05, 0.1) is 0 Å². The fourth-order valence-corrected chi connectivity index (χ4v) is 4.42. The van der Waals surface area contributed by atoms with E-state index in [1.165, 1.54) is 22.6 Å². The van der Waals surface area contributed by atoms with Crippen molar-refractivity contribution >= 4 is 11.9 Å². The van der Waals surface area contributed by atoms with E-state index in [4.69, 9.17) is 10.5 Å². The van der Waals surface area contributed by atoms with Gasteiger partial charge in [0.25, 0.3) is 5.91 Å². The Labute approximate surface area is 178 Å². The number of rotatable bonds is 2. The Balaban J connectivity index is 1.80. The molecule has 0 fully saturated rings. The average Bonchev–Trinajstić information content (AvgIpc) is 2.95. The predicted molar refractivity (Wildman–Crippen MR) is 111 cm³/mol. The molecule has 0 saturated heterocycles. The molecule has 4 rings (SSSR count). The lowest BCUT2D eigenvalue weighted by molar-refractivity contribution is -0.153. The first-order valence-electron chi connectivity index (χ1n) is 10.2. The SMILES string of the molecule is CN1C(=O)C2(CCc3ccccc3CCCc3ccc(OCC(F)(F)F)cc32)N=C1N. The number of hydrogen-bond donors (Lipinski definition) is 1. The lowest BCUT2D eigenvalue weighted by Crippen LogP contribution is -2.41. The van der Waals surface area contributed by atoms with Crippen LogP contribution in [0.2, 0.25) is 0 Å².